The smallest absolute Gasteiger partial charge is 0.274 e. The number of fused-ring (bicyclic) bond motifs is 5. The zero-order chi connectivity index (χ0) is 23.3. The van der Waals surface area contributed by atoms with Crippen LogP contribution in [0.15, 0.2) is 60.7 Å². The van der Waals surface area contributed by atoms with Crippen molar-refractivity contribution in [3.63, 3.8) is 0 Å². The maximum Gasteiger partial charge on any atom is 0.274 e. The average molecular weight is 465 g/mol. The Labute approximate surface area is 195 Å². The van der Waals surface area contributed by atoms with E-state index in [1.54, 1.807) is 42.5 Å². The van der Waals surface area contributed by atoms with Crippen LogP contribution in [0.25, 0.3) is 0 Å². The number of methoxy groups -OCH3 is 1. The molecule has 5 rings (SSSR count). The van der Waals surface area contributed by atoms with Gasteiger partial charge in [-0.05, 0) is 54.7 Å². The summed E-state index contributed by atoms with van der Waals surface area (Å²) in [6.45, 7) is -0.476. The Morgan fingerprint density at radius 3 is 2.18 bits per heavy atom. The molecule has 0 spiro atoms. The predicted octanol–water partition coefficient (Wildman–Crippen LogP) is 3.40. The summed E-state index contributed by atoms with van der Waals surface area (Å²) < 4.78 is 5.12. The van der Waals surface area contributed by atoms with Crippen molar-refractivity contribution in [1.29, 1.82) is 0 Å². The maximum atomic E-state index is 13.5. The Morgan fingerprint density at radius 2 is 1.61 bits per heavy atom. The summed E-state index contributed by atoms with van der Waals surface area (Å²) in [5.41, 5.74) is 0.439. The van der Waals surface area contributed by atoms with E-state index in [-0.39, 0.29) is 22.4 Å². The molecular formula is C25H21ClN2O5. The van der Waals surface area contributed by atoms with E-state index in [1.807, 2.05) is 12.2 Å². The van der Waals surface area contributed by atoms with Gasteiger partial charge in [0, 0.05) is 5.56 Å². The van der Waals surface area contributed by atoms with Crippen molar-refractivity contribution in [3.8, 4) is 5.75 Å². The van der Waals surface area contributed by atoms with Crippen LogP contribution in [0.1, 0.15) is 27.1 Å². The lowest BCUT2D eigenvalue weighted by atomic mass is 9.85. The summed E-state index contributed by atoms with van der Waals surface area (Å²) in [5, 5.41) is 2.01. The number of carbonyl (C=O) groups excluding carboxylic acids is 4. The molecule has 168 valence electrons. The topological polar surface area (TPSA) is 84.0 Å². The van der Waals surface area contributed by atoms with Gasteiger partial charge in [0.05, 0.1) is 29.5 Å². The number of hydrazine groups is 1. The highest BCUT2D eigenvalue weighted by Crippen LogP contribution is 2.52. The molecule has 2 bridgehead atoms. The summed E-state index contributed by atoms with van der Waals surface area (Å²) in [4.78, 5) is 53.4. The van der Waals surface area contributed by atoms with Gasteiger partial charge in [0.25, 0.3) is 17.7 Å². The van der Waals surface area contributed by atoms with E-state index < -0.39 is 41.9 Å². The molecule has 3 aliphatic rings. The minimum Gasteiger partial charge on any atom is -0.497 e. The first-order valence-electron chi connectivity index (χ1n) is 10.7. The van der Waals surface area contributed by atoms with Crippen molar-refractivity contribution >= 4 is 35.1 Å². The molecule has 2 aromatic rings. The van der Waals surface area contributed by atoms with Crippen LogP contribution in [-0.2, 0) is 9.59 Å². The molecule has 0 radical (unpaired) electrons. The second kappa shape index (κ2) is 8.15. The number of imide groups is 1. The number of ketones is 1. The number of amides is 3. The number of rotatable bonds is 6. The minimum atomic E-state index is -0.676. The number of nitrogens with zero attached hydrogens (tertiary/aromatic N) is 2. The van der Waals surface area contributed by atoms with Gasteiger partial charge in [0.15, 0.2) is 5.78 Å². The van der Waals surface area contributed by atoms with Gasteiger partial charge in [-0.1, -0.05) is 35.9 Å². The molecule has 0 aromatic heterocycles. The Kier molecular flexibility index (Phi) is 5.29. The van der Waals surface area contributed by atoms with E-state index in [0.717, 1.165) is 16.4 Å². The Balaban J connectivity index is 1.50. The lowest BCUT2D eigenvalue weighted by Gasteiger charge is -2.31. The fourth-order valence-corrected chi connectivity index (χ4v) is 5.35. The molecule has 2 aliphatic carbocycles. The van der Waals surface area contributed by atoms with Gasteiger partial charge in [-0.2, -0.15) is 5.01 Å². The summed E-state index contributed by atoms with van der Waals surface area (Å²) in [5.74, 6) is -2.42. The van der Waals surface area contributed by atoms with Crippen molar-refractivity contribution in [3.05, 3.63) is 76.8 Å². The standard InChI is InChI=1S/C25H21ClN2O5/c1-33-17-10-8-14(9-11-17)20(29)13-27(23(30)18-4-2-3-5-19(18)26)28-24(31)21-15-6-7-16(12-15)22(21)25(28)32/h2-11,15-16,21-22H,12-13H2,1H3/t15-,16-,21-,22+/m0/s1. The van der Waals surface area contributed by atoms with E-state index in [4.69, 9.17) is 16.3 Å². The third-order valence-electron chi connectivity index (χ3n) is 6.73. The lowest BCUT2D eigenvalue weighted by molar-refractivity contribution is -0.154. The van der Waals surface area contributed by atoms with Crippen LogP contribution < -0.4 is 4.74 Å². The quantitative estimate of drug-likeness (QED) is 0.371. The number of benzene rings is 2. The summed E-state index contributed by atoms with van der Waals surface area (Å²) in [7, 11) is 1.52. The zero-order valence-electron chi connectivity index (χ0n) is 17.8. The van der Waals surface area contributed by atoms with E-state index in [1.165, 1.54) is 13.2 Å². The lowest BCUT2D eigenvalue weighted by Crippen LogP contribution is -2.52. The van der Waals surface area contributed by atoms with Crippen LogP contribution in [0.3, 0.4) is 0 Å². The van der Waals surface area contributed by atoms with E-state index in [0.29, 0.717) is 11.3 Å². The molecule has 33 heavy (non-hydrogen) atoms. The molecule has 2 aromatic carbocycles. The Bertz CT molecular complexity index is 1160. The molecule has 2 fully saturated rings. The van der Waals surface area contributed by atoms with Crippen molar-refractivity contribution in [2.45, 2.75) is 6.42 Å². The molecule has 0 N–H and O–H groups in total. The minimum absolute atomic E-state index is 0.0176. The van der Waals surface area contributed by atoms with E-state index in [2.05, 4.69) is 0 Å². The Hall–Kier alpha value is -3.45. The largest absolute Gasteiger partial charge is 0.497 e. The molecule has 0 unspecified atom stereocenters. The first-order chi connectivity index (χ1) is 15.9. The van der Waals surface area contributed by atoms with Crippen molar-refractivity contribution in [2.24, 2.45) is 23.7 Å². The number of ether oxygens (including phenoxy) is 1. The fourth-order valence-electron chi connectivity index (χ4n) is 5.14. The van der Waals surface area contributed by atoms with Gasteiger partial charge in [-0.25, -0.2) is 5.01 Å². The van der Waals surface area contributed by atoms with Crippen LogP contribution in [-0.4, -0.2) is 47.2 Å². The fraction of sp³-hybridized carbons (Fsp3) is 0.280. The second-order valence-corrected chi connectivity index (χ2v) is 8.89. The normalized spacial score (nSPS) is 24.8. The highest BCUT2D eigenvalue weighted by molar-refractivity contribution is 6.34. The number of Topliss-reactive ketones (excluding diaryl/α,β-unsaturated/α-hetero) is 1. The van der Waals surface area contributed by atoms with Gasteiger partial charge >= 0.3 is 0 Å². The highest BCUT2D eigenvalue weighted by Gasteiger charge is 2.61. The van der Waals surface area contributed by atoms with Crippen LogP contribution >= 0.6 is 11.6 Å². The number of hydrogen-bond acceptors (Lipinski definition) is 5. The van der Waals surface area contributed by atoms with E-state index >= 15 is 0 Å². The molecule has 3 amide bonds. The van der Waals surface area contributed by atoms with Crippen LogP contribution in [0.5, 0.6) is 5.75 Å². The summed E-state index contributed by atoms with van der Waals surface area (Å²) in [6, 6.07) is 12.8. The molecule has 1 aliphatic heterocycles. The van der Waals surface area contributed by atoms with Gasteiger partial charge in [0.2, 0.25) is 0 Å². The van der Waals surface area contributed by atoms with Gasteiger partial charge in [-0.15, -0.1) is 0 Å². The van der Waals surface area contributed by atoms with Crippen molar-refractivity contribution in [2.75, 3.05) is 13.7 Å². The first kappa shape index (κ1) is 21.4. The molecule has 7 nitrogen and oxygen atoms in total. The zero-order valence-corrected chi connectivity index (χ0v) is 18.6. The maximum absolute atomic E-state index is 13.5. The SMILES string of the molecule is COc1ccc(C(=O)CN(C(=O)c2ccccc2Cl)N2C(=O)[C@@H]3[C@H](C2=O)[C@H]2C=C[C@H]3C2)cc1. The first-order valence-corrected chi connectivity index (χ1v) is 11.1. The third-order valence-corrected chi connectivity index (χ3v) is 7.06. The number of carbonyl (C=O) groups is 4. The highest BCUT2D eigenvalue weighted by atomic mass is 35.5. The molecule has 4 atom stereocenters. The predicted molar refractivity (Wildman–Crippen MR) is 119 cm³/mol. The average Bonchev–Trinajstić information content (AvgIpc) is 3.51. The number of halogens is 1. The summed E-state index contributed by atoms with van der Waals surface area (Å²) in [6.07, 6.45) is 4.72. The molecule has 8 heteroatoms. The third kappa shape index (κ3) is 3.43. The van der Waals surface area contributed by atoms with Crippen LogP contribution in [0.4, 0.5) is 0 Å². The van der Waals surface area contributed by atoms with Gasteiger partial charge in [-0.3, -0.25) is 19.2 Å². The van der Waals surface area contributed by atoms with Crippen LogP contribution in [0.2, 0.25) is 5.02 Å². The van der Waals surface area contributed by atoms with Gasteiger partial charge < -0.3 is 4.74 Å². The number of hydrogen-bond donors (Lipinski definition) is 0. The molecule has 1 saturated heterocycles. The summed E-state index contributed by atoms with van der Waals surface area (Å²) >= 11 is 6.24. The van der Waals surface area contributed by atoms with Crippen LogP contribution in [0, 0.1) is 23.7 Å². The molecule has 1 saturated carbocycles. The van der Waals surface area contributed by atoms with Crippen molar-refractivity contribution in [1.82, 2.24) is 10.0 Å². The number of allylic oxidation sites excluding steroid dienone is 2. The monoisotopic (exact) mass is 464 g/mol. The van der Waals surface area contributed by atoms with Crippen molar-refractivity contribution < 1.29 is 23.9 Å². The second-order valence-electron chi connectivity index (χ2n) is 8.48. The Morgan fingerprint density at radius 1 is 1.00 bits per heavy atom. The van der Waals surface area contributed by atoms with Gasteiger partial charge in [0.1, 0.15) is 12.3 Å². The molecule has 1 heterocycles. The van der Waals surface area contributed by atoms with E-state index in [9.17, 15) is 19.2 Å². The molecular weight excluding hydrogens is 444 g/mol.